The van der Waals surface area contributed by atoms with Gasteiger partial charge in [0.15, 0.2) is 0 Å². The van der Waals surface area contributed by atoms with Crippen LogP contribution >= 0.6 is 0 Å². The molecule has 0 aliphatic carbocycles. The van der Waals surface area contributed by atoms with Crippen LogP contribution in [0.25, 0.3) is 0 Å². The van der Waals surface area contributed by atoms with E-state index in [2.05, 4.69) is 34.6 Å². The van der Waals surface area contributed by atoms with Crippen molar-refractivity contribution in [1.29, 1.82) is 0 Å². The van der Waals surface area contributed by atoms with Gasteiger partial charge in [-0.3, -0.25) is 9.59 Å². The van der Waals surface area contributed by atoms with Gasteiger partial charge in [0, 0.05) is 42.1 Å². The molecule has 0 unspecified atom stereocenters. The lowest BCUT2D eigenvalue weighted by Gasteiger charge is -2.32. The maximum Gasteiger partial charge on any atom is 0.255 e. The molecule has 2 N–H and O–H groups in total. The van der Waals surface area contributed by atoms with Crippen molar-refractivity contribution in [2.75, 3.05) is 29.9 Å². The molecular formula is C23H29N3O2. The Bertz CT molecular complexity index is 792. The van der Waals surface area contributed by atoms with Gasteiger partial charge in [-0.15, -0.1) is 0 Å². The van der Waals surface area contributed by atoms with E-state index in [0.29, 0.717) is 17.7 Å². The first-order chi connectivity index (χ1) is 13.6. The van der Waals surface area contributed by atoms with Gasteiger partial charge in [-0.25, -0.2) is 0 Å². The Morgan fingerprint density at radius 3 is 2.07 bits per heavy atom. The lowest BCUT2D eigenvalue weighted by molar-refractivity contribution is 0.0951. The molecule has 5 nitrogen and oxygen atoms in total. The van der Waals surface area contributed by atoms with Crippen molar-refractivity contribution in [2.24, 2.45) is 5.92 Å². The summed E-state index contributed by atoms with van der Waals surface area (Å²) in [6.07, 6.45) is 3.35. The number of benzene rings is 2. The molecular weight excluding hydrogens is 350 g/mol. The number of rotatable bonds is 6. The average molecular weight is 380 g/mol. The Labute approximate surface area is 167 Å². The van der Waals surface area contributed by atoms with E-state index in [-0.39, 0.29) is 11.8 Å². The molecule has 5 heteroatoms. The second-order valence-corrected chi connectivity index (χ2v) is 7.50. The highest BCUT2D eigenvalue weighted by molar-refractivity contribution is 6.05. The summed E-state index contributed by atoms with van der Waals surface area (Å²) in [5.74, 6) is 0.510. The highest BCUT2D eigenvalue weighted by Gasteiger charge is 2.16. The van der Waals surface area contributed by atoms with Crippen LogP contribution in [0.3, 0.4) is 0 Å². The SMILES string of the molecule is CCCNC(=O)c1ccc(C(=O)Nc2ccc(N3CCC(C)CC3)cc2)cc1. The minimum Gasteiger partial charge on any atom is -0.372 e. The molecule has 1 saturated heterocycles. The van der Waals surface area contributed by atoms with Gasteiger partial charge in [0.05, 0.1) is 0 Å². The quantitative estimate of drug-likeness (QED) is 0.786. The van der Waals surface area contributed by atoms with Crippen molar-refractivity contribution in [3.8, 4) is 0 Å². The molecule has 1 fully saturated rings. The molecule has 1 aliphatic heterocycles. The number of anilines is 2. The molecule has 0 aromatic heterocycles. The summed E-state index contributed by atoms with van der Waals surface area (Å²) in [4.78, 5) is 26.8. The van der Waals surface area contributed by atoms with Crippen LogP contribution in [0.15, 0.2) is 48.5 Å². The summed E-state index contributed by atoms with van der Waals surface area (Å²) < 4.78 is 0. The van der Waals surface area contributed by atoms with E-state index in [4.69, 9.17) is 0 Å². The zero-order chi connectivity index (χ0) is 19.9. The third-order valence-corrected chi connectivity index (χ3v) is 5.22. The normalized spacial score (nSPS) is 14.6. The number of piperidine rings is 1. The molecule has 2 amide bonds. The third kappa shape index (κ3) is 5.12. The zero-order valence-corrected chi connectivity index (χ0v) is 16.7. The van der Waals surface area contributed by atoms with E-state index in [1.165, 1.54) is 18.5 Å². The maximum atomic E-state index is 12.5. The lowest BCUT2D eigenvalue weighted by Crippen LogP contribution is -2.32. The van der Waals surface area contributed by atoms with Crippen LogP contribution in [0, 0.1) is 5.92 Å². The monoisotopic (exact) mass is 379 g/mol. The standard InChI is InChI=1S/C23H29N3O2/c1-3-14-24-22(27)18-4-6-19(7-5-18)23(28)25-20-8-10-21(11-9-20)26-15-12-17(2)13-16-26/h4-11,17H,3,12-16H2,1-2H3,(H,24,27)(H,25,28). The Morgan fingerprint density at radius 1 is 0.929 bits per heavy atom. The summed E-state index contributed by atoms with van der Waals surface area (Å²) in [5, 5.41) is 5.75. The van der Waals surface area contributed by atoms with Crippen LogP contribution in [0.2, 0.25) is 0 Å². The molecule has 2 aromatic carbocycles. The van der Waals surface area contributed by atoms with Gasteiger partial charge in [0.25, 0.3) is 11.8 Å². The zero-order valence-electron chi connectivity index (χ0n) is 16.7. The van der Waals surface area contributed by atoms with E-state index in [1.54, 1.807) is 24.3 Å². The van der Waals surface area contributed by atoms with Crippen LogP contribution in [0.5, 0.6) is 0 Å². The molecule has 0 bridgehead atoms. The third-order valence-electron chi connectivity index (χ3n) is 5.22. The highest BCUT2D eigenvalue weighted by Crippen LogP contribution is 2.24. The molecule has 1 heterocycles. The van der Waals surface area contributed by atoms with Crippen molar-refractivity contribution < 1.29 is 9.59 Å². The summed E-state index contributed by atoms with van der Waals surface area (Å²) in [7, 11) is 0. The van der Waals surface area contributed by atoms with Crippen LogP contribution in [-0.4, -0.2) is 31.4 Å². The first-order valence-corrected chi connectivity index (χ1v) is 10.1. The predicted octanol–water partition coefficient (Wildman–Crippen LogP) is 4.32. The van der Waals surface area contributed by atoms with E-state index >= 15 is 0 Å². The summed E-state index contributed by atoms with van der Waals surface area (Å²) in [5.41, 5.74) is 3.06. The lowest BCUT2D eigenvalue weighted by atomic mass is 9.99. The molecule has 0 saturated carbocycles. The van der Waals surface area contributed by atoms with Crippen LogP contribution in [-0.2, 0) is 0 Å². The average Bonchev–Trinajstić information content (AvgIpc) is 2.73. The van der Waals surface area contributed by atoms with Crippen LogP contribution in [0.1, 0.15) is 53.8 Å². The molecule has 1 aliphatic rings. The number of nitrogens with one attached hydrogen (secondary N) is 2. The molecule has 0 atom stereocenters. The van der Waals surface area contributed by atoms with Gasteiger partial charge in [-0.1, -0.05) is 13.8 Å². The van der Waals surface area contributed by atoms with E-state index in [0.717, 1.165) is 31.1 Å². The number of nitrogens with zero attached hydrogens (tertiary/aromatic N) is 1. The second-order valence-electron chi connectivity index (χ2n) is 7.50. The number of hydrogen-bond acceptors (Lipinski definition) is 3. The highest BCUT2D eigenvalue weighted by atomic mass is 16.2. The second kappa shape index (κ2) is 9.40. The van der Waals surface area contributed by atoms with Crippen LogP contribution in [0.4, 0.5) is 11.4 Å². The number of carbonyl (C=O) groups excluding carboxylic acids is 2. The summed E-state index contributed by atoms with van der Waals surface area (Å²) in [6.45, 7) is 7.14. The maximum absolute atomic E-state index is 12.5. The van der Waals surface area contributed by atoms with Gasteiger partial charge in [-0.2, -0.15) is 0 Å². The first-order valence-electron chi connectivity index (χ1n) is 10.1. The molecule has 0 radical (unpaired) electrons. The van der Waals surface area contributed by atoms with Crippen molar-refractivity contribution in [3.63, 3.8) is 0 Å². The minimum atomic E-state index is -0.180. The van der Waals surface area contributed by atoms with Gasteiger partial charge in [0.2, 0.25) is 0 Å². The Balaban J connectivity index is 1.57. The Kier molecular flexibility index (Phi) is 6.69. The fourth-order valence-electron chi connectivity index (χ4n) is 3.34. The molecule has 28 heavy (non-hydrogen) atoms. The van der Waals surface area contributed by atoms with Gasteiger partial charge < -0.3 is 15.5 Å². The first kappa shape index (κ1) is 19.9. The predicted molar refractivity (Wildman–Crippen MR) is 114 cm³/mol. The molecule has 0 spiro atoms. The minimum absolute atomic E-state index is 0.114. The van der Waals surface area contributed by atoms with E-state index in [1.807, 2.05) is 19.1 Å². The van der Waals surface area contributed by atoms with Crippen molar-refractivity contribution >= 4 is 23.2 Å². The largest absolute Gasteiger partial charge is 0.372 e. The molecule has 148 valence electrons. The van der Waals surface area contributed by atoms with Crippen molar-refractivity contribution in [2.45, 2.75) is 33.1 Å². The summed E-state index contributed by atoms with van der Waals surface area (Å²) >= 11 is 0. The Hall–Kier alpha value is -2.82. The molecule has 2 aromatic rings. The van der Waals surface area contributed by atoms with Crippen molar-refractivity contribution in [1.82, 2.24) is 5.32 Å². The van der Waals surface area contributed by atoms with Gasteiger partial charge in [-0.05, 0) is 73.7 Å². The number of amides is 2. The molecule has 3 rings (SSSR count). The van der Waals surface area contributed by atoms with E-state index < -0.39 is 0 Å². The fourth-order valence-corrected chi connectivity index (χ4v) is 3.34. The van der Waals surface area contributed by atoms with E-state index in [9.17, 15) is 9.59 Å². The Morgan fingerprint density at radius 2 is 1.50 bits per heavy atom. The topological polar surface area (TPSA) is 61.4 Å². The van der Waals surface area contributed by atoms with Crippen molar-refractivity contribution in [3.05, 3.63) is 59.7 Å². The number of carbonyl (C=O) groups is 2. The smallest absolute Gasteiger partial charge is 0.255 e. The fraction of sp³-hybridized carbons (Fsp3) is 0.391. The van der Waals surface area contributed by atoms with Gasteiger partial charge >= 0.3 is 0 Å². The number of hydrogen-bond donors (Lipinski definition) is 2. The summed E-state index contributed by atoms with van der Waals surface area (Å²) in [6, 6.07) is 14.7. The van der Waals surface area contributed by atoms with Gasteiger partial charge in [0.1, 0.15) is 0 Å². The van der Waals surface area contributed by atoms with Crippen LogP contribution < -0.4 is 15.5 Å².